The van der Waals surface area contributed by atoms with Gasteiger partial charge in [-0.1, -0.05) is 30.7 Å². The number of phenols is 1. The molecule has 0 fully saturated rings. The fourth-order valence-corrected chi connectivity index (χ4v) is 4.31. The quantitative estimate of drug-likeness (QED) is 0.346. The highest BCUT2D eigenvalue weighted by molar-refractivity contribution is 14.1. The average Bonchev–Trinajstić information content (AvgIpc) is 2.48. The summed E-state index contributed by atoms with van der Waals surface area (Å²) < 4.78 is 5.20. The molecule has 0 amide bonds. The predicted octanol–water partition coefficient (Wildman–Crippen LogP) is 3.94. The van der Waals surface area contributed by atoms with Crippen molar-refractivity contribution in [2.75, 3.05) is 7.11 Å². The van der Waals surface area contributed by atoms with Crippen molar-refractivity contribution in [3.63, 3.8) is 0 Å². The number of phenolic OH excluding ortho intramolecular Hbond substituents is 1. The maximum Gasteiger partial charge on any atom is 0.118 e. The number of rotatable bonds is 6. The summed E-state index contributed by atoms with van der Waals surface area (Å²) in [4.78, 5) is 0. The molecule has 2 nitrogen and oxygen atoms in total. The van der Waals surface area contributed by atoms with Crippen LogP contribution in [0.25, 0.3) is 11.1 Å². The highest BCUT2D eigenvalue weighted by atomic mass is 127. The number of benzene rings is 2. The molecule has 0 bridgehead atoms. The lowest BCUT2D eigenvalue weighted by Gasteiger charge is -2.11. The van der Waals surface area contributed by atoms with Crippen LogP contribution in [0.5, 0.6) is 11.5 Å². The number of methoxy groups -OCH3 is 1. The topological polar surface area (TPSA) is 29.5 Å². The summed E-state index contributed by atoms with van der Waals surface area (Å²) >= 11 is 2.54. The fraction of sp³-hybridized carbons (Fsp3) is 0.250. The molecule has 0 radical (unpaired) electrons. The molecule has 106 valence electrons. The normalized spacial score (nSPS) is 11.1. The third-order valence-corrected chi connectivity index (χ3v) is 6.38. The minimum absolute atomic E-state index is 0.0957. The number of hydrogen-bond donors (Lipinski definition) is 1. The highest BCUT2D eigenvalue weighted by Crippen LogP contribution is 2.29. The molecule has 2 rings (SSSR count). The standard InChI is InChI=1S/C16H19IO2Si/c1-19-15-7-4-12(5-8-15)16-9-6-14(18)11-13(16)3-2-10-20-17/h4-9,11,18H,2-3,10,20H2,1H3. The first-order valence-corrected chi connectivity index (χ1v) is 12.9. The summed E-state index contributed by atoms with van der Waals surface area (Å²) in [5.74, 6) is 1.22. The molecule has 0 aliphatic heterocycles. The van der Waals surface area contributed by atoms with Gasteiger partial charge < -0.3 is 9.84 Å². The lowest BCUT2D eigenvalue weighted by molar-refractivity contribution is 0.415. The first-order valence-electron chi connectivity index (χ1n) is 6.77. The van der Waals surface area contributed by atoms with Crippen molar-refractivity contribution in [2.45, 2.75) is 18.9 Å². The maximum atomic E-state index is 9.71. The minimum atomic E-state index is 0.0957. The molecule has 0 saturated carbocycles. The Bertz CT molecular complexity index is 555. The monoisotopic (exact) mass is 398 g/mol. The van der Waals surface area contributed by atoms with Gasteiger partial charge in [0.2, 0.25) is 0 Å². The Kier molecular flexibility index (Phi) is 5.91. The molecule has 0 unspecified atom stereocenters. The second-order valence-corrected chi connectivity index (χ2v) is 9.04. The summed E-state index contributed by atoms with van der Waals surface area (Å²) in [5.41, 5.74) is 3.61. The van der Waals surface area contributed by atoms with Crippen molar-refractivity contribution in [3.8, 4) is 22.6 Å². The van der Waals surface area contributed by atoms with Crippen molar-refractivity contribution < 1.29 is 9.84 Å². The van der Waals surface area contributed by atoms with Gasteiger partial charge in [0.15, 0.2) is 0 Å². The van der Waals surface area contributed by atoms with E-state index < -0.39 is 0 Å². The van der Waals surface area contributed by atoms with E-state index in [-0.39, 0.29) is 7.02 Å². The zero-order chi connectivity index (χ0) is 14.4. The molecule has 0 spiro atoms. The SMILES string of the molecule is COc1ccc(-c2ccc(O)cc2CCC[SiH2]I)cc1. The highest BCUT2D eigenvalue weighted by Gasteiger charge is 2.07. The van der Waals surface area contributed by atoms with Gasteiger partial charge >= 0.3 is 0 Å². The van der Waals surface area contributed by atoms with Gasteiger partial charge in [0.05, 0.1) is 14.1 Å². The lowest BCUT2D eigenvalue weighted by atomic mass is 9.96. The predicted molar refractivity (Wildman–Crippen MR) is 95.8 cm³/mol. The van der Waals surface area contributed by atoms with E-state index in [1.807, 2.05) is 24.3 Å². The van der Waals surface area contributed by atoms with Gasteiger partial charge in [-0.25, -0.2) is 0 Å². The van der Waals surface area contributed by atoms with Crippen LogP contribution in [0.15, 0.2) is 42.5 Å². The van der Waals surface area contributed by atoms with Crippen LogP contribution >= 0.6 is 21.8 Å². The molecule has 0 aliphatic rings. The van der Waals surface area contributed by atoms with Crippen molar-refractivity contribution in [2.24, 2.45) is 0 Å². The molecule has 0 heterocycles. The van der Waals surface area contributed by atoms with E-state index in [4.69, 9.17) is 4.74 Å². The van der Waals surface area contributed by atoms with Crippen LogP contribution in [-0.2, 0) is 6.42 Å². The third kappa shape index (κ3) is 3.99. The van der Waals surface area contributed by atoms with Crippen molar-refractivity contribution >= 4 is 28.8 Å². The molecule has 0 aromatic heterocycles. The first-order chi connectivity index (χ1) is 9.74. The zero-order valence-electron chi connectivity index (χ0n) is 11.6. The number of aromatic hydroxyl groups is 1. The largest absolute Gasteiger partial charge is 0.508 e. The summed E-state index contributed by atoms with van der Waals surface area (Å²) in [5, 5.41) is 9.71. The maximum absolute atomic E-state index is 9.71. The van der Waals surface area contributed by atoms with Crippen molar-refractivity contribution in [1.29, 1.82) is 0 Å². The smallest absolute Gasteiger partial charge is 0.118 e. The Labute approximate surface area is 135 Å². The Morgan fingerprint density at radius 1 is 1.15 bits per heavy atom. The van der Waals surface area contributed by atoms with Crippen LogP contribution in [0.2, 0.25) is 6.04 Å². The van der Waals surface area contributed by atoms with Gasteiger partial charge in [-0.05, 0) is 47.4 Å². The van der Waals surface area contributed by atoms with Gasteiger partial charge in [0.25, 0.3) is 0 Å². The molecule has 0 atom stereocenters. The van der Waals surface area contributed by atoms with Crippen molar-refractivity contribution in [1.82, 2.24) is 0 Å². The summed E-state index contributed by atoms with van der Waals surface area (Å²) in [7, 11) is 1.77. The van der Waals surface area contributed by atoms with E-state index in [0.717, 1.165) is 12.2 Å². The average molecular weight is 398 g/mol. The molecule has 0 aliphatic carbocycles. The van der Waals surface area contributed by atoms with Gasteiger partial charge in [-0.2, -0.15) is 0 Å². The lowest BCUT2D eigenvalue weighted by Crippen LogP contribution is -1.92. The van der Waals surface area contributed by atoms with E-state index in [1.54, 1.807) is 13.2 Å². The summed E-state index contributed by atoms with van der Waals surface area (Å²) in [6.07, 6.45) is 2.24. The number of hydrogen-bond acceptors (Lipinski definition) is 2. The molecule has 2 aromatic carbocycles. The van der Waals surface area contributed by atoms with Gasteiger partial charge in [0.1, 0.15) is 11.5 Å². The number of halogens is 1. The zero-order valence-corrected chi connectivity index (χ0v) is 15.2. The van der Waals surface area contributed by atoms with E-state index in [1.165, 1.54) is 29.2 Å². The number of aryl methyl sites for hydroxylation is 1. The van der Waals surface area contributed by atoms with Gasteiger partial charge in [0, 0.05) is 0 Å². The molecule has 20 heavy (non-hydrogen) atoms. The second kappa shape index (κ2) is 7.69. The number of ether oxygens (including phenoxy) is 1. The van der Waals surface area contributed by atoms with Gasteiger partial charge in [-0.15, -0.1) is 21.8 Å². The molecule has 0 saturated heterocycles. The Morgan fingerprint density at radius 3 is 2.55 bits per heavy atom. The van der Waals surface area contributed by atoms with Crippen LogP contribution in [0, 0.1) is 0 Å². The first kappa shape index (κ1) is 15.4. The molecular formula is C16H19IO2Si. The third-order valence-electron chi connectivity index (χ3n) is 3.32. The van der Waals surface area contributed by atoms with Crippen LogP contribution in [0.4, 0.5) is 0 Å². The summed E-state index contributed by atoms with van der Waals surface area (Å²) in [6, 6.07) is 15.1. The second-order valence-electron chi connectivity index (χ2n) is 4.72. The fourth-order valence-electron chi connectivity index (χ4n) is 2.25. The van der Waals surface area contributed by atoms with Crippen molar-refractivity contribution in [3.05, 3.63) is 48.0 Å². The van der Waals surface area contributed by atoms with E-state index in [0.29, 0.717) is 5.75 Å². The minimum Gasteiger partial charge on any atom is -0.508 e. The van der Waals surface area contributed by atoms with Crippen LogP contribution in [0.3, 0.4) is 0 Å². The molecule has 4 heteroatoms. The summed E-state index contributed by atoms with van der Waals surface area (Å²) in [6.45, 7) is 0. The van der Waals surface area contributed by atoms with E-state index >= 15 is 0 Å². The van der Waals surface area contributed by atoms with Crippen LogP contribution in [-0.4, -0.2) is 19.2 Å². The van der Waals surface area contributed by atoms with Gasteiger partial charge in [-0.3, -0.25) is 0 Å². The van der Waals surface area contributed by atoms with Crippen LogP contribution < -0.4 is 4.74 Å². The molecule has 1 N–H and O–H groups in total. The Balaban J connectivity index is 2.28. The Hall–Kier alpha value is -1.01. The Morgan fingerprint density at radius 2 is 1.90 bits per heavy atom. The molecular weight excluding hydrogens is 379 g/mol. The van der Waals surface area contributed by atoms with Crippen LogP contribution in [0.1, 0.15) is 12.0 Å². The molecule has 2 aromatic rings. The van der Waals surface area contributed by atoms with E-state index in [9.17, 15) is 5.11 Å². The van der Waals surface area contributed by atoms with E-state index in [2.05, 4.69) is 33.9 Å².